The number of nitrogens with one attached hydrogen (secondary N) is 2. The number of thiophene rings is 1. The maximum absolute atomic E-state index is 12.7. The minimum atomic E-state index is -3.56. The molecule has 0 radical (unpaired) electrons. The van der Waals surface area contributed by atoms with E-state index in [1.165, 1.54) is 39.9 Å². The molecule has 2 heterocycles. The fourth-order valence-corrected chi connectivity index (χ4v) is 5.82. The summed E-state index contributed by atoms with van der Waals surface area (Å²) in [5.41, 5.74) is 2.72. The molecule has 3 N–H and O–H groups in total. The lowest BCUT2D eigenvalue weighted by molar-refractivity contribution is 0.0707. The van der Waals surface area contributed by atoms with Gasteiger partial charge in [-0.15, -0.1) is 11.3 Å². The minimum Gasteiger partial charge on any atom is -0.313 e. The van der Waals surface area contributed by atoms with Crippen LogP contribution < -0.4 is 10.8 Å². The Morgan fingerprint density at radius 1 is 1.03 bits per heavy atom. The highest BCUT2D eigenvalue weighted by molar-refractivity contribution is 7.89. The zero-order chi connectivity index (χ0) is 21.2. The van der Waals surface area contributed by atoms with Crippen molar-refractivity contribution in [2.45, 2.75) is 38.0 Å². The van der Waals surface area contributed by atoms with Gasteiger partial charge in [0, 0.05) is 23.5 Å². The van der Waals surface area contributed by atoms with E-state index in [2.05, 4.69) is 5.32 Å². The number of rotatable bonds is 5. The Hall–Kier alpha value is -2.27. The van der Waals surface area contributed by atoms with Gasteiger partial charge in [0.25, 0.3) is 11.8 Å². The summed E-state index contributed by atoms with van der Waals surface area (Å²) >= 11 is 1.23. The second-order valence-corrected chi connectivity index (χ2v) is 10.0. The number of piperidine rings is 1. The number of carbonyl (C=O) groups is 2. The molecule has 8 nitrogen and oxygen atoms in total. The molecule has 1 aromatic carbocycles. The molecule has 1 fully saturated rings. The number of sulfonamides is 1. The van der Waals surface area contributed by atoms with Crippen LogP contribution in [0.3, 0.4) is 0 Å². The molecule has 2 aromatic rings. The Bertz CT molecular complexity index is 1020. The molecule has 0 atom stereocenters. The first kappa shape index (κ1) is 21.4. The van der Waals surface area contributed by atoms with E-state index in [0.717, 1.165) is 24.1 Å². The SMILES string of the molecule is Cc1sc(NC(=O)c2ccc(S(=O)(=O)N3CCCCC3)cc2)c(C(=O)NO)c1C. The quantitative estimate of drug-likeness (QED) is 0.491. The van der Waals surface area contributed by atoms with E-state index in [1.807, 2.05) is 6.92 Å². The summed E-state index contributed by atoms with van der Waals surface area (Å²) in [6, 6.07) is 5.74. The van der Waals surface area contributed by atoms with Crippen molar-refractivity contribution in [3.63, 3.8) is 0 Å². The third-order valence-electron chi connectivity index (χ3n) is 5.01. The van der Waals surface area contributed by atoms with Gasteiger partial charge in [-0.2, -0.15) is 4.31 Å². The van der Waals surface area contributed by atoms with Crippen LogP contribution in [-0.4, -0.2) is 42.8 Å². The zero-order valence-corrected chi connectivity index (χ0v) is 17.8. The molecular formula is C19H23N3O5S2. The fourth-order valence-electron chi connectivity index (χ4n) is 3.25. The molecule has 0 aliphatic carbocycles. The standard InChI is InChI=1S/C19H23N3O5S2/c1-12-13(2)28-19(16(12)18(24)21-25)20-17(23)14-6-8-15(9-7-14)29(26,27)22-10-4-3-5-11-22/h6-9,25H,3-5,10-11H2,1-2H3,(H,20,23)(H,21,24). The van der Waals surface area contributed by atoms with Gasteiger partial charge in [-0.05, 0) is 56.5 Å². The van der Waals surface area contributed by atoms with E-state index in [9.17, 15) is 18.0 Å². The van der Waals surface area contributed by atoms with Gasteiger partial charge >= 0.3 is 0 Å². The number of amides is 2. The number of benzene rings is 1. The fraction of sp³-hybridized carbons (Fsp3) is 0.368. The van der Waals surface area contributed by atoms with Crippen molar-refractivity contribution in [3.05, 3.63) is 45.8 Å². The van der Waals surface area contributed by atoms with Gasteiger partial charge < -0.3 is 5.32 Å². The smallest absolute Gasteiger partial charge is 0.277 e. The highest BCUT2D eigenvalue weighted by Crippen LogP contribution is 2.32. The Kier molecular flexibility index (Phi) is 6.37. The molecule has 1 aliphatic heterocycles. The molecule has 10 heteroatoms. The van der Waals surface area contributed by atoms with Crippen LogP contribution in [0, 0.1) is 13.8 Å². The van der Waals surface area contributed by atoms with Gasteiger partial charge in [-0.3, -0.25) is 14.8 Å². The number of hydrogen-bond acceptors (Lipinski definition) is 6. The highest BCUT2D eigenvalue weighted by atomic mass is 32.2. The van der Waals surface area contributed by atoms with Crippen molar-refractivity contribution in [3.8, 4) is 0 Å². The van der Waals surface area contributed by atoms with Crippen LogP contribution in [0.15, 0.2) is 29.2 Å². The summed E-state index contributed by atoms with van der Waals surface area (Å²) in [7, 11) is -3.56. The van der Waals surface area contributed by atoms with Gasteiger partial charge in [0.15, 0.2) is 0 Å². The van der Waals surface area contributed by atoms with E-state index in [1.54, 1.807) is 12.4 Å². The second-order valence-electron chi connectivity index (χ2n) is 6.87. The number of anilines is 1. The highest BCUT2D eigenvalue weighted by Gasteiger charge is 2.26. The van der Waals surface area contributed by atoms with Crippen LogP contribution in [0.4, 0.5) is 5.00 Å². The van der Waals surface area contributed by atoms with E-state index in [0.29, 0.717) is 23.7 Å². The molecule has 156 valence electrons. The lowest BCUT2D eigenvalue weighted by atomic mass is 10.1. The van der Waals surface area contributed by atoms with Crippen molar-refractivity contribution < 1.29 is 23.2 Å². The largest absolute Gasteiger partial charge is 0.313 e. The predicted octanol–water partition coefficient (Wildman–Crippen LogP) is 2.91. The molecule has 1 aromatic heterocycles. The molecular weight excluding hydrogens is 414 g/mol. The van der Waals surface area contributed by atoms with Gasteiger partial charge in [-0.25, -0.2) is 13.9 Å². The summed E-state index contributed by atoms with van der Waals surface area (Å²) in [5, 5.41) is 11.9. The zero-order valence-electron chi connectivity index (χ0n) is 16.2. The van der Waals surface area contributed by atoms with Gasteiger partial charge in [0.05, 0.1) is 10.5 Å². The molecule has 1 aliphatic rings. The predicted molar refractivity (Wildman–Crippen MR) is 110 cm³/mol. The van der Waals surface area contributed by atoms with Crippen molar-refractivity contribution in [1.29, 1.82) is 0 Å². The van der Waals surface area contributed by atoms with Gasteiger partial charge in [0.2, 0.25) is 10.0 Å². The average Bonchev–Trinajstić information content (AvgIpc) is 3.01. The van der Waals surface area contributed by atoms with Crippen LogP contribution in [0.2, 0.25) is 0 Å². The van der Waals surface area contributed by atoms with E-state index >= 15 is 0 Å². The maximum atomic E-state index is 12.7. The third-order valence-corrected chi connectivity index (χ3v) is 8.05. The Morgan fingerprint density at radius 2 is 1.66 bits per heavy atom. The molecule has 0 saturated carbocycles. The summed E-state index contributed by atoms with van der Waals surface area (Å²) in [4.78, 5) is 25.5. The monoisotopic (exact) mass is 437 g/mol. The Labute approximate surface area is 173 Å². The van der Waals surface area contributed by atoms with E-state index in [-0.39, 0.29) is 16.0 Å². The number of hydroxylamine groups is 1. The second kappa shape index (κ2) is 8.62. The number of aryl methyl sites for hydroxylation is 1. The molecule has 0 unspecified atom stereocenters. The molecule has 0 spiro atoms. The number of nitrogens with zero attached hydrogens (tertiary/aromatic N) is 1. The van der Waals surface area contributed by atoms with Crippen LogP contribution >= 0.6 is 11.3 Å². The molecule has 2 amide bonds. The summed E-state index contributed by atoms with van der Waals surface area (Å²) in [6.07, 6.45) is 2.73. The van der Waals surface area contributed by atoms with Crippen molar-refractivity contribution >= 4 is 38.2 Å². The average molecular weight is 438 g/mol. The first-order chi connectivity index (χ1) is 13.8. The molecule has 0 bridgehead atoms. The first-order valence-electron chi connectivity index (χ1n) is 9.21. The summed E-state index contributed by atoms with van der Waals surface area (Å²) in [5.74, 6) is -1.18. The van der Waals surface area contributed by atoms with Gasteiger partial charge in [0.1, 0.15) is 5.00 Å². The van der Waals surface area contributed by atoms with E-state index in [4.69, 9.17) is 5.21 Å². The van der Waals surface area contributed by atoms with Gasteiger partial charge in [-0.1, -0.05) is 6.42 Å². The van der Waals surface area contributed by atoms with Crippen LogP contribution in [-0.2, 0) is 10.0 Å². The number of carbonyl (C=O) groups excluding carboxylic acids is 2. The Morgan fingerprint density at radius 3 is 2.24 bits per heavy atom. The summed E-state index contributed by atoms with van der Waals surface area (Å²) in [6.45, 7) is 4.56. The van der Waals surface area contributed by atoms with Crippen molar-refractivity contribution in [2.24, 2.45) is 0 Å². The third kappa shape index (κ3) is 4.35. The molecule has 1 saturated heterocycles. The lowest BCUT2D eigenvalue weighted by Gasteiger charge is -2.25. The van der Waals surface area contributed by atoms with Crippen molar-refractivity contribution in [1.82, 2.24) is 9.79 Å². The molecule has 29 heavy (non-hydrogen) atoms. The maximum Gasteiger partial charge on any atom is 0.277 e. The van der Waals surface area contributed by atoms with Crippen molar-refractivity contribution in [2.75, 3.05) is 18.4 Å². The summed E-state index contributed by atoms with van der Waals surface area (Å²) < 4.78 is 26.9. The van der Waals surface area contributed by atoms with Crippen LogP contribution in [0.1, 0.15) is 50.4 Å². The molecule has 3 rings (SSSR count). The Balaban J connectivity index is 1.80. The minimum absolute atomic E-state index is 0.152. The van der Waals surface area contributed by atoms with E-state index < -0.39 is 21.8 Å². The first-order valence-corrected chi connectivity index (χ1v) is 11.5. The van der Waals surface area contributed by atoms with Crippen LogP contribution in [0.25, 0.3) is 0 Å². The lowest BCUT2D eigenvalue weighted by Crippen LogP contribution is -2.35. The topological polar surface area (TPSA) is 116 Å². The normalized spacial score (nSPS) is 15.1. The van der Waals surface area contributed by atoms with Crippen LogP contribution in [0.5, 0.6) is 0 Å². The number of hydrogen-bond donors (Lipinski definition) is 3.